The second-order valence-corrected chi connectivity index (χ2v) is 16.0. The molecule has 2 heterocycles. The maximum atomic E-state index is 2.38. The average molecular weight is 753 g/mol. The van der Waals surface area contributed by atoms with Crippen molar-refractivity contribution in [3.63, 3.8) is 0 Å². The van der Waals surface area contributed by atoms with Crippen LogP contribution in [-0.4, -0.2) is 0 Å². The molecule has 0 spiro atoms. The third-order valence-electron chi connectivity index (χ3n) is 10.2. The van der Waals surface area contributed by atoms with E-state index >= 15 is 0 Å². The number of fused-ring (bicyclic) bond motifs is 4. The van der Waals surface area contributed by atoms with Crippen LogP contribution < -0.4 is 9.80 Å². The summed E-state index contributed by atoms with van der Waals surface area (Å²) in [6.45, 7) is 0. The van der Waals surface area contributed by atoms with E-state index in [2.05, 4.69) is 228 Å². The van der Waals surface area contributed by atoms with Crippen LogP contribution in [0.5, 0.6) is 0 Å². The first-order chi connectivity index (χ1) is 27.7. The normalized spacial score (nSPS) is 13.0. The molecule has 0 amide bonds. The van der Waals surface area contributed by atoms with Gasteiger partial charge in [0.15, 0.2) is 0 Å². The summed E-state index contributed by atoms with van der Waals surface area (Å²) in [5.74, 6) is 0. The van der Waals surface area contributed by atoms with Crippen LogP contribution in [0, 0.1) is 0 Å². The molecule has 0 saturated heterocycles. The number of hydrogen-bond donors (Lipinski definition) is 0. The fraction of sp³-hybridized carbons (Fsp3) is 0. The lowest BCUT2D eigenvalue weighted by Gasteiger charge is -2.32. The number of anilines is 6. The molecule has 2 nitrogen and oxygen atoms in total. The van der Waals surface area contributed by atoms with Gasteiger partial charge in [0.2, 0.25) is 0 Å². The lowest BCUT2D eigenvalue weighted by Crippen LogP contribution is -2.14. The molecule has 2 aliphatic rings. The predicted octanol–water partition coefficient (Wildman–Crippen LogP) is 15.6. The molecule has 0 aromatic heterocycles. The van der Waals surface area contributed by atoms with Gasteiger partial charge in [0.25, 0.3) is 0 Å². The highest BCUT2D eigenvalue weighted by atomic mass is 32.2. The van der Waals surface area contributed by atoms with Crippen molar-refractivity contribution in [1.29, 1.82) is 0 Å². The van der Waals surface area contributed by atoms with Crippen molar-refractivity contribution < 1.29 is 0 Å². The molecule has 0 saturated carbocycles. The maximum absolute atomic E-state index is 2.38. The van der Waals surface area contributed by atoms with Gasteiger partial charge in [0.05, 0.1) is 22.7 Å². The molecule has 56 heavy (non-hydrogen) atoms. The second kappa shape index (κ2) is 15.0. The van der Waals surface area contributed by atoms with E-state index in [1.54, 1.807) is 0 Å². The van der Waals surface area contributed by atoms with Crippen LogP contribution in [0.1, 0.15) is 22.3 Å². The quantitative estimate of drug-likeness (QED) is 0.150. The van der Waals surface area contributed by atoms with E-state index in [0.717, 1.165) is 22.5 Å². The Kier molecular flexibility index (Phi) is 9.12. The summed E-state index contributed by atoms with van der Waals surface area (Å²) in [7, 11) is 0. The third kappa shape index (κ3) is 6.75. The van der Waals surface area contributed by atoms with Gasteiger partial charge in [0, 0.05) is 31.0 Å². The number of benzene rings is 8. The average Bonchev–Trinajstić information content (AvgIpc) is 3.26. The third-order valence-corrected chi connectivity index (χ3v) is 12.5. The van der Waals surface area contributed by atoms with Crippen molar-refractivity contribution in [3.05, 3.63) is 216 Å². The SMILES string of the molecule is C(=C\c1cccc(N2c3ccccc3Sc3ccccc32)c1)/c1ccc(-c2ccc(/C=C/c3cccc(N4c5ccccc5Sc5ccccc54)c3)cc2)cc1. The molecule has 2 aliphatic heterocycles. The Morgan fingerprint density at radius 2 is 0.607 bits per heavy atom. The van der Waals surface area contributed by atoms with E-state index in [1.165, 1.54) is 64.6 Å². The molecular weight excluding hydrogens is 717 g/mol. The molecule has 10 rings (SSSR count). The summed E-state index contributed by atoms with van der Waals surface area (Å²) >= 11 is 3.67. The summed E-state index contributed by atoms with van der Waals surface area (Å²) < 4.78 is 0. The fourth-order valence-corrected chi connectivity index (χ4v) is 9.57. The topological polar surface area (TPSA) is 6.48 Å². The van der Waals surface area contributed by atoms with Crippen molar-refractivity contribution in [1.82, 2.24) is 0 Å². The van der Waals surface area contributed by atoms with Gasteiger partial charge in [-0.2, -0.15) is 0 Å². The first-order valence-electron chi connectivity index (χ1n) is 18.8. The Hall–Kier alpha value is -6.46. The molecule has 266 valence electrons. The van der Waals surface area contributed by atoms with Crippen LogP contribution in [0.2, 0.25) is 0 Å². The zero-order valence-electron chi connectivity index (χ0n) is 30.5. The summed E-state index contributed by atoms with van der Waals surface area (Å²) in [5, 5.41) is 0. The Morgan fingerprint density at radius 1 is 0.286 bits per heavy atom. The molecule has 0 bridgehead atoms. The minimum absolute atomic E-state index is 1.16. The highest BCUT2D eigenvalue weighted by Gasteiger charge is 2.25. The standard InChI is InChI=1S/C52H36N2S2/c1-5-19-49-45(15-1)53(46-16-2-6-20-50(46)55-49)43-13-9-11-39(35-43)25-23-37-27-31-41(32-28-37)42-33-29-38(30-34-42)24-26-40-12-10-14-44(36-40)54-47-17-3-7-21-51(47)56-52-22-8-4-18-48(52)54/h1-36H/b25-23+,26-24+. The monoisotopic (exact) mass is 752 g/mol. The molecule has 4 heteroatoms. The maximum Gasteiger partial charge on any atom is 0.0601 e. The summed E-state index contributed by atoms with van der Waals surface area (Å²) in [6, 6.07) is 69.8. The van der Waals surface area contributed by atoms with Crippen molar-refractivity contribution in [2.75, 3.05) is 9.80 Å². The van der Waals surface area contributed by atoms with Crippen molar-refractivity contribution in [2.24, 2.45) is 0 Å². The number of para-hydroxylation sites is 4. The minimum Gasteiger partial charge on any atom is -0.308 e. The van der Waals surface area contributed by atoms with Crippen molar-refractivity contribution in [2.45, 2.75) is 19.6 Å². The zero-order chi connectivity index (χ0) is 37.3. The van der Waals surface area contributed by atoms with Gasteiger partial charge in [-0.3, -0.25) is 0 Å². The Morgan fingerprint density at radius 3 is 0.964 bits per heavy atom. The minimum atomic E-state index is 1.16. The van der Waals surface area contributed by atoms with Crippen LogP contribution in [0.15, 0.2) is 214 Å². The van der Waals surface area contributed by atoms with Gasteiger partial charge in [-0.25, -0.2) is 0 Å². The van der Waals surface area contributed by atoms with Crippen LogP contribution in [0.3, 0.4) is 0 Å². The Balaban J connectivity index is 0.831. The second-order valence-electron chi connectivity index (χ2n) is 13.8. The van der Waals surface area contributed by atoms with Crippen molar-refractivity contribution in [3.8, 4) is 11.1 Å². The molecule has 0 unspecified atom stereocenters. The van der Waals surface area contributed by atoms with E-state index < -0.39 is 0 Å². The number of hydrogen-bond acceptors (Lipinski definition) is 4. The van der Waals surface area contributed by atoms with Gasteiger partial charge < -0.3 is 9.80 Å². The summed E-state index contributed by atoms with van der Waals surface area (Å²) in [5.41, 5.74) is 14.2. The van der Waals surface area contributed by atoms with Crippen LogP contribution in [0.25, 0.3) is 35.4 Å². The largest absolute Gasteiger partial charge is 0.308 e. The molecule has 0 fully saturated rings. The Bertz CT molecular complexity index is 2480. The molecule has 0 aliphatic carbocycles. The molecule has 8 aromatic rings. The molecule has 8 aromatic carbocycles. The van der Waals surface area contributed by atoms with E-state index in [1.807, 2.05) is 23.5 Å². The van der Waals surface area contributed by atoms with Gasteiger partial charge in [-0.1, -0.05) is 169 Å². The summed E-state index contributed by atoms with van der Waals surface area (Å²) in [6.07, 6.45) is 8.80. The first-order valence-corrected chi connectivity index (χ1v) is 20.5. The zero-order valence-corrected chi connectivity index (χ0v) is 32.1. The van der Waals surface area contributed by atoms with Gasteiger partial charge in [-0.05, 0) is 106 Å². The Labute approximate surface area is 337 Å². The lowest BCUT2D eigenvalue weighted by atomic mass is 10.0. The van der Waals surface area contributed by atoms with Crippen LogP contribution in [-0.2, 0) is 0 Å². The van der Waals surface area contributed by atoms with E-state index in [0.29, 0.717) is 0 Å². The van der Waals surface area contributed by atoms with Crippen molar-refractivity contribution >= 4 is 82.0 Å². The summed E-state index contributed by atoms with van der Waals surface area (Å²) in [4.78, 5) is 9.83. The highest BCUT2D eigenvalue weighted by Crippen LogP contribution is 2.52. The van der Waals surface area contributed by atoms with Crippen LogP contribution in [0.4, 0.5) is 34.1 Å². The number of rotatable bonds is 7. The predicted molar refractivity (Wildman–Crippen MR) is 240 cm³/mol. The van der Waals surface area contributed by atoms with E-state index in [4.69, 9.17) is 0 Å². The first kappa shape index (κ1) is 34.1. The molecule has 0 radical (unpaired) electrons. The molecule has 0 N–H and O–H groups in total. The molecule has 0 atom stereocenters. The number of nitrogens with zero attached hydrogens (tertiary/aromatic N) is 2. The van der Waals surface area contributed by atoms with Gasteiger partial charge >= 0.3 is 0 Å². The van der Waals surface area contributed by atoms with E-state index in [-0.39, 0.29) is 0 Å². The van der Waals surface area contributed by atoms with E-state index in [9.17, 15) is 0 Å². The van der Waals surface area contributed by atoms with Gasteiger partial charge in [-0.15, -0.1) is 0 Å². The fourth-order valence-electron chi connectivity index (χ4n) is 7.46. The highest BCUT2D eigenvalue weighted by molar-refractivity contribution is 8.00. The van der Waals surface area contributed by atoms with Gasteiger partial charge in [0.1, 0.15) is 0 Å². The smallest absolute Gasteiger partial charge is 0.0601 e. The molecular formula is C52H36N2S2. The lowest BCUT2D eigenvalue weighted by molar-refractivity contribution is 1.16. The van der Waals surface area contributed by atoms with Crippen LogP contribution >= 0.6 is 23.5 Å².